The molecule has 0 saturated heterocycles. The van der Waals surface area contributed by atoms with Gasteiger partial charge in [-0.05, 0) is 37.6 Å². The average Bonchev–Trinajstić information content (AvgIpc) is 2.49. The Kier molecular flexibility index (Phi) is 4.71. The van der Waals surface area contributed by atoms with E-state index in [0.717, 1.165) is 16.8 Å². The van der Waals surface area contributed by atoms with Crippen LogP contribution < -0.4 is 9.64 Å². The van der Waals surface area contributed by atoms with E-state index in [9.17, 15) is 4.79 Å². The van der Waals surface area contributed by atoms with Crippen LogP contribution in [0.5, 0.6) is 11.5 Å². The minimum Gasteiger partial charge on any atom is -0.465 e. The van der Waals surface area contributed by atoms with E-state index in [-0.39, 0.29) is 0 Å². The molecule has 2 aromatic rings. The molecule has 2 aromatic carbocycles. The van der Waals surface area contributed by atoms with Crippen molar-refractivity contribution in [1.82, 2.24) is 0 Å². The lowest BCUT2D eigenvalue weighted by molar-refractivity contribution is 0.0598. The summed E-state index contributed by atoms with van der Waals surface area (Å²) >= 11 is 0. The van der Waals surface area contributed by atoms with Crippen LogP contribution in [0.25, 0.3) is 0 Å². The predicted octanol–water partition coefficient (Wildman–Crippen LogP) is 3.95. The fourth-order valence-corrected chi connectivity index (χ4v) is 2.25. The van der Waals surface area contributed by atoms with E-state index >= 15 is 0 Å². The number of carbonyl (C=O) groups excluding carboxylic acids is 1. The van der Waals surface area contributed by atoms with Crippen molar-refractivity contribution < 1.29 is 14.3 Å². The van der Waals surface area contributed by atoms with Gasteiger partial charge in [0.1, 0.15) is 17.1 Å². The normalized spacial score (nSPS) is 10.2. The molecule has 0 bridgehead atoms. The fourth-order valence-electron chi connectivity index (χ4n) is 2.25. The molecule has 116 valence electrons. The van der Waals surface area contributed by atoms with Gasteiger partial charge in [0.15, 0.2) is 0 Å². The van der Waals surface area contributed by atoms with Crippen LogP contribution >= 0.6 is 0 Å². The Labute approximate surface area is 131 Å². The van der Waals surface area contributed by atoms with Crippen LogP contribution in [0.4, 0.5) is 5.69 Å². The third-order valence-corrected chi connectivity index (χ3v) is 3.43. The van der Waals surface area contributed by atoms with Crippen molar-refractivity contribution in [1.29, 1.82) is 0 Å². The molecule has 22 heavy (non-hydrogen) atoms. The van der Waals surface area contributed by atoms with E-state index in [2.05, 4.69) is 0 Å². The van der Waals surface area contributed by atoms with Crippen molar-refractivity contribution in [3.8, 4) is 11.5 Å². The molecule has 0 heterocycles. The van der Waals surface area contributed by atoms with Crippen LogP contribution in [-0.2, 0) is 4.74 Å². The van der Waals surface area contributed by atoms with Gasteiger partial charge < -0.3 is 14.4 Å². The second kappa shape index (κ2) is 6.52. The van der Waals surface area contributed by atoms with Gasteiger partial charge in [0.05, 0.1) is 7.11 Å². The van der Waals surface area contributed by atoms with Crippen molar-refractivity contribution >= 4 is 11.7 Å². The Hall–Kier alpha value is -2.49. The third-order valence-electron chi connectivity index (χ3n) is 3.43. The number of rotatable bonds is 4. The summed E-state index contributed by atoms with van der Waals surface area (Å²) in [6.07, 6.45) is 0. The Bertz CT molecular complexity index is 675. The minimum absolute atomic E-state index is 0.407. The summed E-state index contributed by atoms with van der Waals surface area (Å²) in [5.74, 6) is 0.768. The quantitative estimate of drug-likeness (QED) is 0.801. The summed E-state index contributed by atoms with van der Waals surface area (Å²) in [7, 11) is 5.28. The van der Waals surface area contributed by atoms with Gasteiger partial charge >= 0.3 is 5.97 Å². The van der Waals surface area contributed by atoms with E-state index in [0.29, 0.717) is 17.1 Å². The van der Waals surface area contributed by atoms with Gasteiger partial charge in [-0.15, -0.1) is 0 Å². The summed E-state index contributed by atoms with van der Waals surface area (Å²) in [4.78, 5) is 14.0. The van der Waals surface area contributed by atoms with Gasteiger partial charge in [-0.25, -0.2) is 4.79 Å². The maximum Gasteiger partial charge on any atom is 0.341 e. The number of ether oxygens (including phenoxy) is 2. The second-order valence-electron chi connectivity index (χ2n) is 5.44. The highest BCUT2D eigenvalue weighted by molar-refractivity contribution is 5.93. The minimum atomic E-state index is -0.407. The van der Waals surface area contributed by atoms with Gasteiger partial charge in [-0.1, -0.05) is 17.7 Å². The molecule has 0 radical (unpaired) electrons. The Morgan fingerprint density at radius 1 is 1.05 bits per heavy atom. The van der Waals surface area contributed by atoms with Crippen LogP contribution in [-0.4, -0.2) is 27.2 Å². The standard InChI is InChI=1S/C18H21NO3/c1-12-6-8-14(9-7-12)22-17-11-16(19(3)4)13(2)10-15(17)18(20)21-5/h6-11H,1-5H3. The number of aryl methyl sites for hydroxylation is 2. The molecule has 0 N–H and O–H groups in total. The molecule has 0 aliphatic rings. The summed E-state index contributed by atoms with van der Waals surface area (Å²) in [6.45, 7) is 3.97. The number of hydrogen-bond acceptors (Lipinski definition) is 4. The second-order valence-corrected chi connectivity index (χ2v) is 5.44. The van der Waals surface area contributed by atoms with Crippen LogP contribution in [0.3, 0.4) is 0 Å². The lowest BCUT2D eigenvalue weighted by Crippen LogP contribution is -2.12. The molecular formula is C18H21NO3. The van der Waals surface area contributed by atoms with E-state index in [1.54, 1.807) is 6.07 Å². The van der Waals surface area contributed by atoms with E-state index in [1.165, 1.54) is 7.11 Å². The highest BCUT2D eigenvalue weighted by atomic mass is 16.5. The van der Waals surface area contributed by atoms with Crippen molar-refractivity contribution in [2.75, 3.05) is 26.1 Å². The van der Waals surface area contributed by atoms with Crippen molar-refractivity contribution in [3.05, 3.63) is 53.1 Å². The van der Waals surface area contributed by atoms with Gasteiger partial charge in [0.25, 0.3) is 0 Å². The van der Waals surface area contributed by atoms with Crippen LogP contribution in [0.2, 0.25) is 0 Å². The van der Waals surface area contributed by atoms with Gasteiger partial charge in [-0.3, -0.25) is 0 Å². The lowest BCUT2D eigenvalue weighted by atomic mass is 10.1. The zero-order valence-electron chi connectivity index (χ0n) is 13.6. The SMILES string of the molecule is COC(=O)c1cc(C)c(N(C)C)cc1Oc1ccc(C)cc1. The van der Waals surface area contributed by atoms with Crippen molar-refractivity contribution in [2.24, 2.45) is 0 Å². The molecule has 4 heteroatoms. The Morgan fingerprint density at radius 2 is 1.68 bits per heavy atom. The largest absolute Gasteiger partial charge is 0.465 e. The molecule has 0 saturated carbocycles. The van der Waals surface area contributed by atoms with Crippen molar-refractivity contribution in [3.63, 3.8) is 0 Å². The molecule has 0 unspecified atom stereocenters. The van der Waals surface area contributed by atoms with E-state index < -0.39 is 5.97 Å². The zero-order chi connectivity index (χ0) is 16.3. The predicted molar refractivity (Wildman–Crippen MR) is 88.1 cm³/mol. The molecule has 0 amide bonds. The van der Waals surface area contributed by atoms with Crippen LogP contribution in [0.1, 0.15) is 21.5 Å². The number of anilines is 1. The van der Waals surface area contributed by atoms with Gasteiger partial charge in [0.2, 0.25) is 0 Å². The maximum atomic E-state index is 12.0. The first kappa shape index (κ1) is 15.9. The maximum absolute atomic E-state index is 12.0. The highest BCUT2D eigenvalue weighted by Gasteiger charge is 2.17. The summed E-state index contributed by atoms with van der Waals surface area (Å²) in [6, 6.07) is 11.4. The molecule has 0 spiro atoms. The number of nitrogens with zero attached hydrogens (tertiary/aromatic N) is 1. The lowest BCUT2D eigenvalue weighted by Gasteiger charge is -2.19. The number of carbonyl (C=O) groups is 1. The van der Waals surface area contributed by atoms with Crippen LogP contribution in [0.15, 0.2) is 36.4 Å². The Morgan fingerprint density at radius 3 is 2.23 bits per heavy atom. The molecule has 0 aliphatic heterocycles. The van der Waals surface area contributed by atoms with Crippen LogP contribution in [0, 0.1) is 13.8 Å². The molecule has 0 aromatic heterocycles. The first-order valence-corrected chi connectivity index (χ1v) is 7.07. The summed E-state index contributed by atoms with van der Waals surface area (Å²) in [5.41, 5.74) is 3.56. The molecule has 2 rings (SSSR count). The first-order chi connectivity index (χ1) is 10.4. The monoisotopic (exact) mass is 299 g/mol. The number of esters is 1. The average molecular weight is 299 g/mol. The zero-order valence-corrected chi connectivity index (χ0v) is 13.6. The molecular weight excluding hydrogens is 278 g/mol. The molecule has 0 atom stereocenters. The third kappa shape index (κ3) is 3.39. The fraction of sp³-hybridized carbons (Fsp3) is 0.278. The molecule has 4 nitrogen and oxygen atoms in total. The van der Waals surface area contributed by atoms with E-state index in [4.69, 9.17) is 9.47 Å². The van der Waals surface area contributed by atoms with E-state index in [1.807, 2.05) is 63.2 Å². The van der Waals surface area contributed by atoms with Crippen molar-refractivity contribution in [2.45, 2.75) is 13.8 Å². The smallest absolute Gasteiger partial charge is 0.341 e. The first-order valence-electron chi connectivity index (χ1n) is 7.07. The number of methoxy groups -OCH3 is 1. The van der Waals surface area contributed by atoms with Gasteiger partial charge in [0, 0.05) is 25.8 Å². The number of benzene rings is 2. The Balaban J connectivity index is 2.48. The highest BCUT2D eigenvalue weighted by Crippen LogP contribution is 2.32. The number of hydrogen-bond donors (Lipinski definition) is 0. The van der Waals surface area contributed by atoms with Gasteiger partial charge in [-0.2, -0.15) is 0 Å². The molecule has 0 aliphatic carbocycles. The topological polar surface area (TPSA) is 38.8 Å². The summed E-state index contributed by atoms with van der Waals surface area (Å²) < 4.78 is 10.8. The molecule has 0 fully saturated rings. The summed E-state index contributed by atoms with van der Waals surface area (Å²) in [5, 5.41) is 0.